The fraction of sp³-hybridized carbons (Fsp3) is 0.323. The van der Waals surface area contributed by atoms with E-state index in [1.165, 1.54) is 28.3 Å². The summed E-state index contributed by atoms with van der Waals surface area (Å²) in [6.45, 7) is 4.43. The number of allylic oxidation sites excluding steroid dienone is 7. The average Bonchev–Trinajstić information content (AvgIpc) is 3.66. The first-order valence-electron chi connectivity index (χ1n) is 12.4. The summed E-state index contributed by atoms with van der Waals surface area (Å²) >= 11 is 1.79. The van der Waals surface area contributed by atoms with Gasteiger partial charge in [0.2, 0.25) is 0 Å². The van der Waals surface area contributed by atoms with Gasteiger partial charge < -0.3 is 5.32 Å². The predicted molar refractivity (Wildman–Crippen MR) is 151 cm³/mol. The number of aliphatic imine (C=N–C) groups is 1. The van der Waals surface area contributed by atoms with Crippen LogP contribution in [-0.2, 0) is 5.75 Å². The van der Waals surface area contributed by atoms with Crippen molar-refractivity contribution in [2.45, 2.75) is 38.5 Å². The van der Waals surface area contributed by atoms with Gasteiger partial charge in [-0.05, 0) is 59.4 Å². The highest BCUT2D eigenvalue weighted by molar-refractivity contribution is 8.13. The van der Waals surface area contributed by atoms with Gasteiger partial charge in [0.15, 0.2) is 5.17 Å². The molecule has 4 atom stereocenters. The number of benzene rings is 2. The van der Waals surface area contributed by atoms with Gasteiger partial charge in [-0.2, -0.15) is 0 Å². The van der Waals surface area contributed by atoms with Gasteiger partial charge in [-0.15, -0.1) is 0 Å². The van der Waals surface area contributed by atoms with Crippen molar-refractivity contribution in [3.05, 3.63) is 108 Å². The molecule has 0 heterocycles. The molecule has 0 spiro atoms. The summed E-state index contributed by atoms with van der Waals surface area (Å²) in [6, 6.07) is 15.4. The van der Waals surface area contributed by atoms with Crippen LogP contribution < -0.4 is 5.32 Å². The molecule has 0 bridgehead atoms. The summed E-state index contributed by atoms with van der Waals surface area (Å²) in [7, 11) is 1.89. The molecule has 2 unspecified atom stereocenters. The van der Waals surface area contributed by atoms with Crippen molar-refractivity contribution in [3.8, 4) is 0 Å². The first kappa shape index (κ1) is 24.3. The molecule has 0 radical (unpaired) electrons. The Morgan fingerprint density at radius 2 is 1.94 bits per heavy atom. The molecule has 3 heteroatoms. The Kier molecular flexibility index (Phi) is 8.65. The van der Waals surface area contributed by atoms with E-state index in [4.69, 9.17) is 0 Å². The van der Waals surface area contributed by atoms with E-state index in [1.54, 1.807) is 11.8 Å². The third-order valence-electron chi connectivity index (χ3n) is 6.63. The van der Waals surface area contributed by atoms with Crippen LogP contribution in [-0.4, -0.2) is 18.3 Å². The number of fused-ring (bicyclic) bond motifs is 1. The van der Waals surface area contributed by atoms with Crippen molar-refractivity contribution in [2.24, 2.45) is 22.7 Å². The van der Waals surface area contributed by atoms with Gasteiger partial charge in [-0.1, -0.05) is 116 Å². The lowest BCUT2D eigenvalue weighted by Gasteiger charge is -2.26. The molecule has 1 saturated carbocycles. The van der Waals surface area contributed by atoms with Crippen molar-refractivity contribution < 1.29 is 0 Å². The molecule has 0 saturated heterocycles. The molecule has 1 fully saturated rings. The molecule has 2 aromatic carbocycles. The number of thioether (sulfide) groups is 1. The molecule has 1 N–H and O–H groups in total. The molecule has 0 aromatic heterocycles. The molecule has 0 amide bonds. The van der Waals surface area contributed by atoms with E-state index in [-0.39, 0.29) is 6.04 Å². The van der Waals surface area contributed by atoms with Gasteiger partial charge in [0.1, 0.15) is 0 Å². The molecule has 2 aliphatic rings. The third-order valence-corrected chi connectivity index (χ3v) is 7.66. The highest BCUT2D eigenvalue weighted by Gasteiger charge is 2.32. The summed E-state index contributed by atoms with van der Waals surface area (Å²) in [5.74, 6) is 2.67. The molecular weight excluding hydrogens is 432 g/mol. The standard InChI is InChI=1S/C31H36N2S/c1-4-12-26-21-27(26)20-19-23(2)30(25-14-7-5-6-8-15-25)33-31(32-3)34-22-28-17-11-16-24-13-9-10-18-29(24)28/h4-7,9-20,23,26-27,30H,8,21-22H2,1-3H3,(H,32,33)/b12-4-,20-19+/t23-,26?,27?,30-/m0/s1. The lowest BCUT2D eigenvalue weighted by molar-refractivity contribution is 0.562. The van der Waals surface area contributed by atoms with Crippen LogP contribution >= 0.6 is 11.8 Å². The maximum absolute atomic E-state index is 4.64. The number of rotatable bonds is 8. The van der Waals surface area contributed by atoms with Crippen LogP contribution in [0.15, 0.2) is 108 Å². The Balaban J connectivity index is 1.47. The molecule has 176 valence electrons. The molecule has 34 heavy (non-hydrogen) atoms. The van der Waals surface area contributed by atoms with E-state index in [0.29, 0.717) is 11.8 Å². The first-order valence-corrected chi connectivity index (χ1v) is 13.3. The highest BCUT2D eigenvalue weighted by Crippen LogP contribution is 2.41. The average molecular weight is 469 g/mol. The monoisotopic (exact) mass is 468 g/mol. The Morgan fingerprint density at radius 3 is 2.79 bits per heavy atom. The third kappa shape index (κ3) is 6.42. The zero-order valence-corrected chi connectivity index (χ0v) is 21.3. The second kappa shape index (κ2) is 12.1. The molecule has 0 aliphatic heterocycles. The van der Waals surface area contributed by atoms with Crippen LogP contribution in [0.1, 0.15) is 32.3 Å². The number of hydrogen-bond acceptors (Lipinski definition) is 2. The molecular formula is C31H36N2S. The molecule has 2 aliphatic carbocycles. The van der Waals surface area contributed by atoms with Crippen LogP contribution in [0.2, 0.25) is 0 Å². The Hall–Kier alpha value is -2.78. The quantitative estimate of drug-likeness (QED) is 0.242. The summed E-state index contributed by atoms with van der Waals surface area (Å²) in [5.41, 5.74) is 2.67. The second-order valence-electron chi connectivity index (χ2n) is 9.14. The maximum Gasteiger partial charge on any atom is 0.157 e. The SMILES string of the molecule is C/C=C\C1CC1/C=C/[C@H](C)[C@H](NC(=NC)SCc1cccc2ccccc12)C1=CCC=CC=C1. The number of hydrogen-bond donors (Lipinski definition) is 1. The smallest absolute Gasteiger partial charge is 0.157 e. The zero-order chi connectivity index (χ0) is 23.8. The van der Waals surface area contributed by atoms with E-state index < -0.39 is 0 Å². The van der Waals surface area contributed by atoms with Crippen molar-refractivity contribution in [1.82, 2.24) is 5.32 Å². The van der Waals surface area contributed by atoms with Crippen LogP contribution in [0, 0.1) is 17.8 Å². The minimum atomic E-state index is 0.185. The number of amidine groups is 1. The Labute approximate surface area is 209 Å². The van der Waals surface area contributed by atoms with Crippen molar-refractivity contribution >= 4 is 27.7 Å². The highest BCUT2D eigenvalue weighted by atomic mass is 32.2. The van der Waals surface area contributed by atoms with Gasteiger partial charge in [0.05, 0.1) is 6.04 Å². The number of nitrogens with one attached hydrogen (secondary N) is 1. The normalized spacial score (nSPS) is 22.2. The van der Waals surface area contributed by atoms with Gasteiger partial charge in [0.25, 0.3) is 0 Å². The minimum Gasteiger partial charge on any atom is -0.358 e. The van der Waals surface area contributed by atoms with Gasteiger partial charge in [0, 0.05) is 12.8 Å². The predicted octanol–water partition coefficient (Wildman–Crippen LogP) is 7.86. The maximum atomic E-state index is 4.64. The molecule has 4 rings (SSSR count). The Morgan fingerprint density at radius 1 is 1.12 bits per heavy atom. The summed E-state index contributed by atoms with van der Waals surface area (Å²) in [6.07, 6.45) is 22.7. The van der Waals surface area contributed by atoms with Gasteiger partial charge >= 0.3 is 0 Å². The van der Waals surface area contributed by atoms with Crippen LogP contribution in [0.4, 0.5) is 0 Å². The Bertz CT molecular complexity index is 1150. The molecule has 2 aromatic rings. The van der Waals surface area contributed by atoms with E-state index in [1.807, 2.05) is 7.05 Å². The van der Waals surface area contributed by atoms with Crippen LogP contribution in [0.25, 0.3) is 10.8 Å². The largest absolute Gasteiger partial charge is 0.358 e. The van der Waals surface area contributed by atoms with E-state index in [9.17, 15) is 0 Å². The van der Waals surface area contributed by atoms with Crippen LogP contribution in [0.3, 0.4) is 0 Å². The van der Waals surface area contributed by atoms with E-state index in [0.717, 1.165) is 23.3 Å². The summed E-state index contributed by atoms with van der Waals surface area (Å²) < 4.78 is 0. The lowest BCUT2D eigenvalue weighted by atomic mass is 9.92. The number of nitrogens with zero attached hydrogens (tertiary/aromatic N) is 1. The van der Waals surface area contributed by atoms with Gasteiger partial charge in [-0.3, -0.25) is 4.99 Å². The van der Waals surface area contributed by atoms with Crippen LogP contribution in [0.5, 0.6) is 0 Å². The first-order chi connectivity index (χ1) is 16.7. The summed E-state index contributed by atoms with van der Waals surface area (Å²) in [4.78, 5) is 4.64. The van der Waals surface area contributed by atoms with Crippen molar-refractivity contribution in [1.29, 1.82) is 0 Å². The second-order valence-corrected chi connectivity index (χ2v) is 10.1. The zero-order valence-electron chi connectivity index (χ0n) is 20.5. The topological polar surface area (TPSA) is 24.4 Å². The fourth-order valence-electron chi connectivity index (χ4n) is 4.57. The summed E-state index contributed by atoms with van der Waals surface area (Å²) in [5, 5.41) is 7.40. The van der Waals surface area contributed by atoms with Gasteiger partial charge in [-0.25, -0.2) is 0 Å². The molecule has 2 nitrogen and oxygen atoms in total. The van der Waals surface area contributed by atoms with Crippen molar-refractivity contribution in [2.75, 3.05) is 7.05 Å². The van der Waals surface area contributed by atoms with Crippen molar-refractivity contribution in [3.63, 3.8) is 0 Å². The van der Waals surface area contributed by atoms with E-state index in [2.05, 4.69) is 121 Å². The van der Waals surface area contributed by atoms with E-state index >= 15 is 0 Å². The minimum absolute atomic E-state index is 0.185. The fourth-order valence-corrected chi connectivity index (χ4v) is 5.45. The lowest BCUT2D eigenvalue weighted by Crippen LogP contribution is -2.39.